The van der Waals surface area contributed by atoms with E-state index < -0.39 is 43.3 Å². The summed E-state index contributed by atoms with van der Waals surface area (Å²) < 4.78 is 47.7. The van der Waals surface area contributed by atoms with Crippen molar-refractivity contribution in [2.45, 2.75) is 30.9 Å². The van der Waals surface area contributed by atoms with Crippen LogP contribution in [-0.4, -0.2) is 66.3 Å². The highest BCUT2D eigenvalue weighted by molar-refractivity contribution is 5.98. The first kappa shape index (κ1) is 20.3. The molecule has 1 aliphatic rings. The van der Waals surface area contributed by atoms with Gasteiger partial charge in [0.05, 0.1) is 12.0 Å². The summed E-state index contributed by atoms with van der Waals surface area (Å²) in [7, 11) is 0. The number of fused-ring (bicyclic) bond motifs is 1. The Balaban J connectivity index is 1.79. The van der Waals surface area contributed by atoms with Crippen molar-refractivity contribution in [3.05, 3.63) is 30.6 Å². The number of aliphatic hydroxyl groups is 3. The van der Waals surface area contributed by atoms with Gasteiger partial charge in [0.25, 0.3) is 0 Å². The van der Waals surface area contributed by atoms with Crippen LogP contribution in [0.1, 0.15) is 6.23 Å². The number of nitrogens with zero attached hydrogens (tertiary/aromatic N) is 4. The third kappa shape index (κ3) is 3.52. The highest BCUT2D eigenvalue weighted by atomic mass is 19.4. The minimum absolute atomic E-state index is 0.0450. The molecule has 10 nitrogen and oxygen atoms in total. The van der Waals surface area contributed by atoms with E-state index in [-0.39, 0.29) is 22.5 Å². The molecule has 1 saturated heterocycles. The maximum atomic E-state index is 12.4. The Bertz CT molecular complexity index is 1060. The van der Waals surface area contributed by atoms with Gasteiger partial charge in [-0.3, -0.25) is 0 Å². The summed E-state index contributed by atoms with van der Waals surface area (Å²) in [4.78, 5) is 8.02. The van der Waals surface area contributed by atoms with Crippen LogP contribution in [0, 0.1) is 0 Å². The van der Waals surface area contributed by atoms with Gasteiger partial charge in [-0.25, -0.2) is 14.6 Å². The number of aromatic nitrogens is 4. The molecule has 0 spiro atoms. The van der Waals surface area contributed by atoms with E-state index in [0.717, 1.165) is 12.1 Å². The van der Waals surface area contributed by atoms with Crippen LogP contribution in [0.2, 0.25) is 0 Å². The second kappa shape index (κ2) is 7.36. The SMILES string of the molecule is Nc1ncnc2c1c(-c1ccc(OC(F)(F)F)cc1)nn2[C@@H]1O[C@H](CO)[C@@H](O)[C@H]1O. The summed E-state index contributed by atoms with van der Waals surface area (Å²) >= 11 is 0. The predicted octanol–water partition coefficient (Wildman–Crippen LogP) is 0.586. The molecule has 160 valence electrons. The molecule has 1 aromatic carbocycles. The first-order valence-corrected chi connectivity index (χ1v) is 8.67. The minimum Gasteiger partial charge on any atom is -0.406 e. The molecule has 0 bridgehead atoms. The first-order valence-electron chi connectivity index (χ1n) is 8.67. The first-order chi connectivity index (χ1) is 14.2. The second-order valence-electron chi connectivity index (χ2n) is 6.55. The van der Waals surface area contributed by atoms with E-state index in [9.17, 15) is 28.5 Å². The van der Waals surface area contributed by atoms with Gasteiger partial charge < -0.3 is 30.5 Å². The van der Waals surface area contributed by atoms with Gasteiger partial charge in [-0.1, -0.05) is 0 Å². The molecule has 5 N–H and O–H groups in total. The zero-order valence-corrected chi connectivity index (χ0v) is 15.1. The van der Waals surface area contributed by atoms with Gasteiger partial charge in [0.2, 0.25) is 0 Å². The van der Waals surface area contributed by atoms with Crippen LogP contribution in [0.4, 0.5) is 19.0 Å². The molecule has 4 rings (SSSR count). The van der Waals surface area contributed by atoms with Crippen molar-refractivity contribution in [1.29, 1.82) is 0 Å². The average Bonchev–Trinajstić information content (AvgIpc) is 3.20. The molecule has 0 aliphatic carbocycles. The summed E-state index contributed by atoms with van der Waals surface area (Å²) in [5.41, 5.74) is 6.73. The highest BCUT2D eigenvalue weighted by Crippen LogP contribution is 2.36. The molecule has 30 heavy (non-hydrogen) atoms. The Kier molecular flexibility index (Phi) is 4.97. The van der Waals surface area contributed by atoms with Crippen LogP contribution in [-0.2, 0) is 4.74 Å². The maximum absolute atomic E-state index is 12.4. The Hall–Kier alpha value is -3.00. The van der Waals surface area contributed by atoms with Gasteiger partial charge in [-0.15, -0.1) is 13.2 Å². The number of hydrogen-bond acceptors (Lipinski definition) is 9. The van der Waals surface area contributed by atoms with E-state index in [0.29, 0.717) is 5.56 Å². The van der Waals surface area contributed by atoms with E-state index in [4.69, 9.17) is 10.5 Å². The van der Waals surface area contributed by atoms with E-state index >= 15 is 0 Å². The molecule has 13 heteroatoms. The van der Waals surface area contributed by atoms with Crippen molar-refractivity contribution in [1.82, 2.24) is 19.7 Å². The van der Waals surface area contributed by atoms with Crippen molar-refractivity contribution in [2.24, 2.45) is 0 Å². The van der Waals surface area contributed by atoms with Crippen molar-refractivity contribution in [2.75, 3.05) is 12.3 Å². The van der Waals surface area contributed by atoms with Gasteiger partial charge in [0, 0.05) is 5.56 Å². The Morgan fingerprint density at radius 2 is 1.83 bits per heavy atom. The maximum Gasteiger partial charge on any atom is 0.573 e. The van der Waals surface area contributed by atoms with Crippen LogP contribution in [0.5, 0.6) is 5.75 Å². The third-order valence-electron chi connectivity index (χ3n) is 4.64. The second-order valence-corrected chi connectivity index (χ2v) is 6.55. The molecule has 0 unspecified atom stereocenters. The highest BCUT2D eigenvalue weighted by Gasteiger charge is 2.45. The molecule has 0 radical (unpaired) electrons. The third-order valence-corrected chi connectivity index (χ3v) is 4.64. The number of benzene rings is 1. The lowest BCUT2D eigenvalue weighted by Crippen LogP contribution is -2.33. The fraction of sp³-hybridized carbons (Fsp3) is 0.353. The van der Waals surface area contributed by atoms with Crippen LogP contribution in [0.15, 0.2) is 30.6 Å². The molecule has 3 heterocycles. The molecular formula is C17H16F3N5O5. The number of halogens is 3. The zero-order valence-electron chi connectivity index (χ0n) is 15.1. The minimum atomic E-state index is -4.83. The Morgan fingerprint density at radius 1 is 1.13 bits per heavy atom. The molecule has 2 aromatic heterocycles. The van der Waals surface area contributed by atoms with E-state index in [2.05, 4.69) is 19.8 Å². The number of nitrogen functional groups attached to an aromatic ring is 1. The summed E-state index contributed by atoms with van der Waals surface area (Å²) in [6.45, 7) is -0.529. The van der Waals surface area contributed by atoms with Crippen molar-refractivity contribution in [3.8, 4) is 17.0 Å². The number of rotatable bonds is 4. The normalized spacial score (nSPS) is 24.5. The van der Waals surface area contributed by atoms with E-state index in [1.54, 1.807) is 0 Å². The smallest absolute Gasteiger partial charge is 0.406 e. The number of anilines is 1. The standard InChI is InChI=1S/C17H16F3N5O5/c18-17(19,20)30-8-3-1-7(2-4-8)11-10-14(21)22-6-23-15(10)25(24-11)16-13(28)12(27)9(5-26)29-16/h1-4,6,9,12-13,16,26-28H,5H2,(H2,21,22,23)/t9-,12-,13-,16-/m1/s1. The number of alkyl halides is 3. The molecule has 3 aromatic rings. The summed E-state index contributed by atoms with van der Waals surface area (Å²) in [6, 6.07) is 4.91. The van der Waals surface area contributed by atoms with Crippen LogP contribution < -0.4 is 10.5 Å². The van der Waals surface area contributed by atoms with E-state index in [1.165, 1.54) is 23.1 Å². The van der Waals surface area contributed by atoms with Gasteiger partial charge in [0.1, 0.15) is 41.9 Å². The van der Waals surface area contributed by atoms with Crippen LogP contribution >= 0.6 is 0 Å². The van der Waals surface area contributed by atoms with Crippen LogP contribution in [0.3, 0.4) is 0 Å². The molecule has 1 aliphatic heterocycles. The lowest BCUT2D eigenvalue weighted by atomic mass is 10.1. The molecular weight excluding hydrogens is 411 g/mol. The largest absolute Gasteiger partial charge is 0.573 e. The average molecular weight is 427 g/mol. The van der Waals surface area contributed by atoms with Crippen molar-refractivity contribution >= 4 is 16.9 Å². The summed E-state index contributed by atoms with van der Waals surface area (Å²) in [6.07, 6.45) is -8.66. The Morgan fingerprint density at radius 3 is 2.43 bits per heavy atom. The predicted molar refractivity (Wildman–Crippen MR) is 94.9 cm³/mol. The summed E-state index contributed by atoms with van der Waals surface area (Å²) in [5.74, 6) is -0.369. The number of aliphatic hydroxyl groups excluding tert-OH is 3. The Labute approximate surface area is 166 Å². The topological polar surface area (TPSA) is 149 Å². The number of nitrogens with two attached hydrogens (primary N) is 1. The number of hydrogen-bond donors (Lipinski definition) is 4. The van der Waals surface area contributed by atoms with Gasteiger partial charge in [-0.05, 0) is 24.3 Å². The van der Waals surface area contributed by atoms with Gasteiger partial charge >= 0.3 is 6.36 Å². The van der Waals surface area contributed by atoms with Crippen molar-refractivity contribution < 1.29 is 38.0 Å². The van der Waals surface area contributed by atoms with Gasteiger partial charge in [-0.2, -0.15) is 5.10 Å². The van der Waals surface area contributed by atoms with E-state index in [1.807, 2.05) is 0 Å². The zero-order chi connectivity index (χ0) is 21.6. The molecule has 0 amide bonds. The van der Waals surface area contributed by atoms with Gasteiger partial charge in [0.15, 0.2) is 11.9 Å². The lowest BCUT2D eigenvalue weighted by Gasteiger charge is -2.15. The quantitative estimate of drug-likeness (QED) is 0.469. The van der Waals surface area contributed by atoms with Crippen LogP contribution in [0.25, 0.3) is 22.3 Å². The molecule has 4 atom stereocenters. The molecule has 1 fully saturated rings. The fourth-order valence-electron chi connectivity index (χ4n) is 3.27. The lowest BCUT2D eigenvalue weighted by molar-refractivity contribution is -0.274. The monoisotopic (exact) mass is 427 g/mol. The summed E-state index contributed by atoms with van der Waals surface area (Å²) in [5, 5.41) is 34.3. The molecule has 0 saturated carbocycles. The number of ether oxygens (including phenoxy) is 2. The fourth-order valence-corrected chi connectivity index (χ4v) is 3.27. The van der Waals surface area contributed by atoms with Crippen molar-refractivity contribution in [3.63, 3.8) is 0 Å².